The fourth-order valence-corrected chi connectivity index (χ4v) is 5.36. The topological polar surface area (TPSA) is 76.3 Å². The highest BCUT2D eigenvalue weighted by atomic mass is 32.2. The van der Waals surface area contributed by atoms with Gasteiger partial charge in [0.05, 0.1) is 10.6 Å². The van der Waals surface area contributed by atoms with E-state index in [1.165, 1.54) is 9.87 Å². The van der Waals surface area contributed by atoms with Crippen molar-refractivity contribution in [1.82, 2.24) is 10.1 Å². The van der Waals surface area contributed by atoms with E-state index in [-0.39, 0.29) is 12.4 Å². The van der Waals surface area contributed by atoms with Gasteiger partial charge in [0, 0.05) is 10.9 Å². The minimum absolute atomic E-state index is 0.00674. The summed E-state index contributed by atoms with van der Waals surface area (Å²) >= 11 is 0. The second-order valence-corrected chi connectivity index (χ2v) is 9.26. The Kier molecular flexibility index (Phi) is 3.96. The van der Waals surface area contributed by atoms with E-state index in [1.807, 2.05) is 42.5 Å². The first-order chi connectivity index (χ1) is 13.9. The van der Waals surface area contributed by atoms with E-state index in [0.717, 1.165) is 16.3 Å². The molecule has 0 unspecified atom stereocenters. The highest BCUT2D eigenvalue weighted by molar-refractivity contribution is 7.93. The summed E-state index contributed by atoms with van der Waals surface area (Å²) in [4.78, 5) is 4.74. The van der Waals surface area contributed by atoms with E-state index in [2.05, 4.69) is 24.0 Å². The van der Waals surface area contributed by atoms with Crippen molar-refractivity contribution in [2.24, 2.45) is 0 Å². The van der Waals surface area contributed by atoms with Crippen LogP contribution in [0.5, 0.6) is 0 Å². The molecule has 3 aromatic carbocycles. The molecule has 0 amide bonds. The third-order valence-corrected chi connectivity index (χ3v) is 7.07. The molecule has 146 valence electrons. The largest absolute Gasteiger partial charge is 0.337 e. The smallest absolute Gasteiger partial charge is 0.265 e. The molecule has 0 radical (unpaired) electrons. The van der Waals surface area contributed by atoms with Crippen LogP contribution in [0.2, 0.25) is 0 Å². The zero-order valence-electron chi connectivity index (χ0n) is 16.0. The number of benzene rings is 3. The molecule has 0 N–H and O–H groups in total. The normalized spacial score (nSPS) is 14.8. The predicted molar refractivity (Wildman–Crippen MR) is 111 cm³/mol. The van der Waals surface area contributed by atoms with Crippen molar-refractivity contribution in [2.75, 3.05) is 4.31 Å². The zero-order chi connectivity index (χ0) is 20.2. The first-order valence-electron chi connectivity index (χ1n) is 9.42. The maximum Gasteiger partial charge on any atom is 0.265 e. The molecule has 0 bridgehead atoms. The molecule has 7 heteroatoms. The summed E-state index contributed by atoms with van der Waals surface area (Å²) in [5, 5.41) is 5.67. The fraction of sp³-hybridized carbons (Fsp3) is 0.182. The van der Waals surface area contributed by atoms with Gasteiger partial charge in [0.1, 0.15) is 6.54 Å². The van der Waals surface area contributed by atoms with Crippen LogP contribution in [-0.4, -0.2) is 18.6 Å². The van der Waals surface area contributed by atoms with Gasteiger partial charge in [-0.1, -0.05) is 67.5 Å². The molecule has 0 atom stereocenters. The Hall–Kier alpha value is -3.19. The number of nitrogens with zero attached hydrogens (tertiary/aromatic N) is 3. The molecule has 1 aromatic heterocycles. The van der Waals surface area contributed by atoms with Gasteiger partial charge < -0.3 is 4.52 Å². The molecule has 2 heterocycles. The average molecular weight is 405 g/mol. The van der Waals surface area contributed by atoms with Gasteiger partial charge in [-0.2, -0.15) is 4.98 Å². The number of anilines is 1. The summed E-state index contributed by atoms with van der Waals surface area (Å²) < 4.78 is 32.9. The molecule has 4 aromatic rings. The van der Waals surface area contributed by atoms with Crippen molar-refractivity contribution in [3.8, 4) is 11.4 Å². The molecule has 1 aliphatic rings. The van der Waals surface area contributed by atoms with E-state index in [0.29, 0.717) is 22.3 Å². The van der Waals surface area contributed by atoms with E-state index in [4.69, 9.17) is 4.52 Å². The van der Waals surface area contributed by atoms with Crippen LogP contribution in [0.25, 0.3) is 22.2 Å². The second kappa shape index (κ2) is 6.42. The number of aromatic nitrogens is 2. The molecule has 0 aliphatic carbocycles. The third kappa shape index (κ3) is 2.81. The lowest BCUT2D eigenvalue weighted by molar-refractivity contribution is 0.380. The third-order valence-electron chi connectivity index (χ3n) is 5.26. The Bertz CT molecular complexity index is 1320. The predicted octanol–water partition coefficient (Wildman–Crippen LogP) is 4.72. The molecule has 0 spiro atoms. The van der Waals surface area contributed by atoms with Gasteiger partial charge >= 0.3 is 0 Å². The zero-order valence-corrected chi connectivity index (χ0v) is 16.8. The van der Waals surface area contributed by atoms with Crippen LogP contribution in [0.3, 0.4) is 0 Å². The fourth-order valence-electron chi connectivity index (χ4n) is 3.70. The Morgan fingerprint density at radius 1 is 1.00 bits per heavy atom. The van der Waals surface area contributed by atoms with Gasteiger partial charge in [0.25, 0.3) is 10.0 Å². The number of hydrogen-bond donors (Lipinski definition) is 0. The van der Waals surface area contributed by atoms with Crippen molar-refractivity contribution in [1.29, 1.82) is 0 Å². The summed E-state index contributed by atoms with van der Waals surface area (Å²) in [6.07, 6.45) is 0. The summed E-state index contributed by atoms with van der Waals surface area (Å²) in [5.74, 6) is 1.14. The van der Waals surface area contributed by atoms with Gasteiger partial charge in [0.15, 0.2) is 0 Å². The molecule has 0 fully saturated rings. The van der Waals surface area contributed by atoms with Gasteiger partial charge in [-0.25, -0.2) is 8.42 Å². The molecule has 1 aliphatic heterocycles. The lowest BCUT2D eigenvalue weighted by atomic mass is 10.0. The first-order valence-corrected chi connectivity index (χ1v) is 10.9. The summed E-state index contributed by atoms with van der Waals surface area (Å²) in [5.41, 5.74) is 2.70. The Labute approximate surface area is 168 Å². The van der Waals surface area contributed by atoms with Crippen LogP contribution in [0.1, 0.15) is 31.2 Å². The summed E-state index contributed by atoms with van der Waals surface area (Å²) in [7, 11) is -3.66. The van der Waals surface area contributed by atoms with Crippen LogP contribution < -0.4 is 4.31 Å². The Morgan fingerprint density at radius 2 is 1.72 bits per heavy atom. The van der Waals surface area contributed by atoms with E-state index < -0.39 is 10.0 Å². The molecule has 0 saturated heterocycles. The van der Waals surface area contributed by atoms with Crippen molar-refractivity contribution in [2.45, 2.75) is 31.2 Å². The van der Waals surface area contributed by atoms with Crippen LogP contribution in [-0.2, 0) is 16.6 Å². The SMILES string of the molecule is CC(C)c1ccc(-c2noc(CN3c4cccc5cccc(c45)S3(=O)=O)n2)cc1. The van der Waals surface area contributed by atoms with Crippen molar-refractivity contribution in [3.63, 3.8) is 0 Å². The minimum atomic E-state index is -3.66. The number of sulfonamides is 1. The monoisotopic (exact) mass is 405 g/mol. The second-order valence-electron chi connectivity index (χ2n) is 7.43. The minimum Gasteiger partial charge on any atom is -0.337 e. The standard InChI is InChI=1S/C22H19N3O3S/c1-14(2)15-9-11-17(12-10-15)22-23-20(28-24-22)13-25-18-7-3-5-16-6-4-8-19(21(16)18)29(25,26)27/h3-12,14H,13H2,1-2H3. The van der Waals surface area contributed by atoms with Crippen LogP contribution in [0.4, 0.5) is 5.69 Å². The molecule has 6 nitrogen and oxygen atoms in total. The quantitative estimate of drug-likeness (QED) is 0.491. The average Bonchev–Trinajstić information content (AvgIpc) is 3.27. The molecule has 0 saturated carbocycles. The van der Waals surface area contributed by atoms with Gasteiger partial charge in [-0.3, -0.25) is 4.31 Å². The summed E-state index contributed by atoms with van der Waals surface area (Å²) in [6, 6.07) is 18.9. The lowest BCUT2D eigenvalue weighted by Gasteiger charge is -2.16. The van der Waals surface area contributed by atoms with E-state index >= 15 is 0 Å². The van der Waals surface area contributed by atoms with Gasteiger partial charge in [-0.15, -0.1) is 0 Å². The van der Waals surface area contributed by atoms with E-state index in [1.54, 1.807) is 18.2 Å². The lowest BCUT2D eigenvalue weighted by Crippen LogP contribution is -2.26. The van der Waals surface area contributed by atoms with Gasteiger partial charge in [0.2, 0.25) is 11.7 Å². The van der Waals surface area contributed by atoms with Crippen molar-refractivity contribution in [3.05, 3.63) is 72.1 Å². The highest BCUT2D eigenvalue weighted by Gasteiger charge is 2.36. The maximum atomic E-state index is 13.1. The molecule has 29 heavy (non-hydrogen) atoms. The number of rotatable bonds is 4. The van der Waals surface area contributed by atoms with Crippen LogP contribution >= 0.6 is 0 Å². The van der Waals surface area contributed by atoms with E-state index in [9.17, 15) is 8.42 Å². The number of hydrogen-bond acceptors (Lipinski definition) is 5. The van der Waals surface area contributed by atoms with Crippen LogP contribution in [0.15, 0.2) is 70.1 Å². The Balaban J connectivity index is 1.48. The van der Waals surface area contributed by atoms with Crippen LogP contribution in [0, 0.1) is 0 Å². The molecule has 5 rings (SSSR count). The van der Waals surface area contributed by atoms with Crippen molar-refractivity contribution >= 4 is 26.5 Å². The summed E-state index contributed by atoms with van der Waals surface area (Å²) in [6.45, 7) is 4.26. The first kappa shape index (κ1) is 17.9. The molecular formula is C22H19N3O3S. The highest BCUT2D eigenvalue weighted by Crippen LogP contribution is 2.42. The van der Waals surface area contributed by atoms with Gasteiger partial charge in [-0.05, 0) is 29.0 Å². The Morgan fingerprint density at radius 3 is 2.45 bits per heavy atom. The van der Waals surface area contributed by atoms with Crippen molar-refractivity contribution < 1.29 is 12.9 Å². The molecular weight excluding hydrogens is 386 g/mol. The maximum absolute atomic E-state index is 13.1.